The van der Waals surface area contributed by atoms with E-state index in [-0.39, 0.29) is 10.6 Å². The maximum atomic E-state index is 11.1. The molecule has 0 atom stereocenters. The van der Waals surface area contributed by atoms with Crippen LogP contribution in [0.1, 0.15) is 22.8 Å². The lowest BCUT2D eigenvalue weighted by Gasteiger charge is -2.00. The van der Waals surface area contributed by atoms with Crippen molar-refractivity contribution in [3.63, 3.8) is 0 Å². The summed E-state index contributed by atoms with van der Waals surface area (Å²) in [5, 5.41) is 9.01. The first-order valence-electron chi connectivity index (χ1n) is 4.92. The van der Waals surface area contributed by atoms with Crippen LogP contribution in [0.15, 0.2) is 24.3 Å². The lowest BCUT2D eigenvalue weighted by atomic mass is 10.1. The summed E-state index contributed by atoms with van der Waals surface area (Å²) < 4.78 is 4.70. The van der Waals surface area contributed by atoms with Crippen LogP contribution in [0.2, 0.25) is 5.02 Å². The molecule has 1 rings (SSSR count). The number of benzene rings is 1. The van der Waals surface area contributed by atoms with E-state index in [4.69, 9.17) is 21.4 Å². The normalized spacial score (nSPS) is 10.5. The molecule has 1 N–H and O–H groups in total. The summed E-state index contributed by atoms with van der Waals surface area (Å²) >= 11 is 5.87. The highest BCUT2D eigenvalue weighted by Crippen LogP contribution is 2.19. The fourth-order valence-electron chi connectivity index (χ4n) is 1.14. The highest BCUT2D eigenvalue weighted by atomic mass is 35.5. The van der Waals surface area contributed by atoms with Crippen molar-refractivity contribution in [3.05, 3.63) is 40.4 Å². The van der Waals surface area contributed by atoms with E-state index in [1.165, 1.54) is 30.4 Å². The number of halogens is 1. The summed E-state index contributed by atoms with van der Waals surface area (Å²) in [6, 6.07) is 4.27. The van der Waals surface area contributed by atoms with Crippen LogP contribution in [0.5, 0.6) is 0 Å². The first-order chi connectivity index (χ1) is 8.04. The van der Waals surface area contributed by atoms with Crippen molar-refractivity contribution in [2.24, 2.45) is 0 Å². The molecule has 0 spiro atoms. The second kappa shape index (κ2) is 6.06. The highest BCUT2D eigenvalue weighted by molar-refractivity contribution is 6.32. The van der Waals surface area contributed by atoms with E-state index in [0.29, 0.717) is 12.2 Å². The fourth-order valence-corrected chi connectivity index (χ4v) is 1.39. The molecule has 0 saturated heterocycles. The van der Waals surface area contributed by atoms with Crippen molar-refractivity contribution in [1.29, 1.82) is 0 Å². The summed E-state index contributed by atoms with van der Waals surface area (Å²) in [6.07, 6.45) is 2.72. The minimum absolute atomic E-state index is 0.100. The van der Waals surface area contributed by atoms with Gasteiger partial charge in [0.15, 0.2) is 0 Å². The summed E-state index contributed by atoms with van der Waals surface area (Å²) in [4.78, 5) is 21.7. The molecule has 90 valence electrons. The summed E-state index contributed by atoms with van der Waals surface area (Å²) in [5.41, 5.74) is 0.660. The Morgan fingerprint density at radius 1 is 1.47 bits per heavy atom. The number of ether oxygens (including phenoxy) is 1. The van der Waals surface area contributed by atoms with Gasteiger partial charge in [0.25, 0.3) is 0 Å². The Kier molecular flexibility index (Phi) is 4.72. The van der Waals surface area contributed by atoms with Gasteiger partial charge in [-0.25, -0.2) is 9.59 Å². The molecule has 0 heterocycles. The number of carbonyl (C=O) groups is 2. The molecule has 0 aromatic heterocycles. The van der Waals surface area contributed by atoms with E-state index < -0.39 is 11.9 Å². The molecule has 0 radical (unpaired) electrons. The number of aromatic carboxylic acids is 1. The molecule has 4 nitrogen and oxygen atoms in total. The third-order valence-electron chi connectivity index (χ3n) is 1.93. The Hall–Kier alpha value is -1.81. The molecule has 0 aliphatic carbocycles. The largest absolute Gasteiger partial charge is 0.478 e. The van der Waals surface area contributed by atoms with E-state index in [1.54, 1.807) is 6.92 Å². The average Bonchev–Trinajstić information content (AvgIpc) is 2.27. The second-order valence-electron chi connectivity index (χ2n) is 3.13. The first kappa shape index (κ1) is 13.3. The molecule has 0 amide bonds. The maximum Gasteiger partial charge on any atom is 0.335 e. The molecule has 1 aromatic rings. The van der Waals surface area contributed by atoms with Crippen LogP contribution in [-0.2, 0) is 9.53 Å². The SMILES string of the molecule is CCOC(=O)C=Cc1ccc(C(=O)O)cc1Cl. The van der Waals surface area contributed by atoms with Gasteiger partial charge in [0.1, 0.15) is 0 Å². The zero-order chi connectivity index (χ0) is 12.8. The molecule has 1 aromatic carbocycles. The van der Waals surface area contributed by atoms with Gasteiger partial charge in [-0.2, -0.15) is 0 Å². The molecule has 0 unspecified atom stereocenters. The Morgan fingerprint density at radius 2 is 2.18 bits per heavy atom. The molecule has 17 heavy (non-hydrogen) atoms. The number of hydrogen-bond donors (Lipinski definition) is 1. The molecule has 0 aliphatic rings. The van der Waals surface area contributed by atoms with Crippen LogP contribution in [-0.4, -0.2) is 23.7 Å². The molecule has 0 fully saturated rings. The Bertz CT molecular complexity index is 466. The predicted molar refractivity (Wildman–Crippen MR) is 64.1 cm³/mol. The van der Waals surface area contributed by atoms with Crippen LogP contribution >= 0.6 is 11.6 Å². The number of rotatable bonds is 4. The van der Waals surface area contributed by atoms with Gasteiger partial charge >= 0.3 is 11.9 Å². The van der Waals surface area contributed by atoms with Gasteiger partial charge in [0.05, 0.1) is 12.2 Å². The van der Waals surface area contributed by atoms with Crippen LogP contribution in [0.3, 0.4) is 0 Å². The van der Waals surface area contributed by atoms with Crippen LogP contribution in [0.25, 0.3) is 6.08 Å². The smallest absolute Gasteiger partial charge is 0.335 e. The molecule has 5 heteroatoms. The first-order valence-corrected chi connectivity index (χ1v) is 5.30. The van der Waals surface area contributed by atoms with E-state index in [1.807, 2.05) is 0 Å². The number of esters is 1. The number of hydrogen-bond acceptors (Lipinski definition) is 3. The van der Waals surface area contributed by atoms with Gasteiger partial charge in [-0.3, -0.25) is 0 Å². The average molecular weight is 255 g/mol. The van der Waals surface area contributed by atoms with Gasteiger partial charge in [0.2, 0.25) is 0 Å². The lowest BCUT2D eigenvalue weighted by molar-refractivity contribution is -0.137. The van der Waals surface area contributed by atoms with Crippen molar-refractivity contribution in [1.82, 2.24) is 0 Å². The zero-order valence-corrected chi connectivity index (χ0v) is 9.90. The van der Waals surface area contributed by atoms with Crippen LogP contribution < -0.4 is 0 Å². The minimum atomic E-state index is -1.05. The van der Waals surface area contributed by atoms with Gasteiger partial charge in [-0.1, -0.05) is 17.7 Å². The van der Waals surface area contributed by atoms with E-state index in [0.717, 1.165) is 0 Å². The van der Waals surface area contributed by atoms with Crippen molar-refractivity contribution in [3.8, 4) is 0 Å². The summed E-state index contributed by atoms with van der Waals surface area (Å²) in [5.74, 6) is -1.52. The molecule has 0 aliphatic heterocycles. The molecular weight excluding hydrogens is 244 g/mol. The van der Waals surface area contributed by atoms with Crippen molar-refractivity contribution in [2.75, 3.05) is 6.61 Å². The number of carbonyl (C=O) groups excluding carboxylic acids is 1. The second-order valence-corrected chi connectivity index (χ2v) is 3.53. The van der Waals surface area contributed by atoms with Crippen molar-refractivity contribution in [2.45, 2.75) is 6.92 Å². The lowest BCUT2D eigenvalue weighted by Crippen LogP contribution is -1.99. The Labute approximate surface area is 103 Å². The fraction of sp³-hybridized carbons (Fsp3) is 0.167. The third-order valence-corrected chi connectivity index (χ3v) is 2.26. The number of carboxylic acid groups (broad SMARTS) is 1. The van der Waals surface area contributed by atoms with Crippen LogP contribution in [0, 0.1) is 0 Å². The highest BCUT2D eigenvalue weighted by Gasteiger charge is 2.05. The Morgan fingerprint density at radius 3 is 2.71 bits per heavy atom. The standard InChI is InChI=1S/C12H11ClO4/c1-2-17-11(14)6-5-8-3-4-9(12(15)16)7-10(8)13/h3-7H,2H2,1H3,(H,15,16). The van der Waals surface area contributed by atoms with Crippen molar-refractivity contribution >= 4 is 29.6 Å². The third kappa shape index (κ3) is 3.92. The van der Waals surface area contributed by atoms with Gasteiger partial charge in [-0.15, -0.1) is 0 Å². The van der Waals surface area contributed by atoms with Gasteiger partial charge in [0, 0.05) is 11.1 Å². The quantitative estimate of drug-likeness (QED) is 0.663. The van der Waals surface area contributed by atoms with Crippen molar-refractivity contribution < 1.29 is 19.4 Å². The number of carboxylic acids is 1. The molecular formula is C12H11ClO4. The predicted octanol–water partition coefficient (Wildman–Crippen LogP) is 2.61. The van der Waals surface area contributed by atoms with E-state index in [9.17, 15) is 9.59 Å². The topological polar surface area (TPSA) is 63.6 Å². The van der Waals surface area contributed by atoms with Crippen LogP contribution in [0.4, 0.5) is 0 Å². The Balaban J connectivity index is 2.86. The summed E-state index contributed by atoms with van der Waals surface area (Å²) in [7, 11) is 0. The maximum absolute atomic E-state index is 11.1. The van der Waals surface area contributed by atoms with E-state index >= 15 is 0 Å². The summed E-state index contributed by atoms with van der Waals surface area (Å²) in [6.45, 7) is 2.01. The van der Waals surface area contributed by atoms with E-state index in [2.05, 4.69) is 0 Å². The van der Waals surface area contributed by atoms with Gasteiger partial charge < -0.3 is 9.84 Å². The monoisotopic (exact) mass is 254 g/mol. The minimum Gasteiger partial charge on any atom is -0.478 e. The zero-order valence-electron chi connectivity index (χ0n) is 9.14. The molecule has 0 saturated carbocycles. The van der Waals surface area contributed by atoms with Gasteiger partial charge in [-0.05, 0) is 30.7 Å². The molecule has 0 bridgehead atoms.